The zero-order chi connectivity index (χ0) is 12.3. The first-order valence-electron chi connectivity index (χ1n) is 5.64. The molecule has 1 heterocycles. The summed E-state index contributed by atoms with van der Waals surface area (Å²) in [4.78, 5) is 0.677. The Morgan fingerprint density at radius 2 is 2.12 bits per heavy atom. The molecule has 1 aliphatic heterocycles. The standard InChI is InChI=1S/C12H17NO3S/c1-15-9-2-3-11(13)12(8-9)17(14)10-4-6-16-7-5-10/h2-3,8,10H,4-7,13H2,1H3. The molecule has 1 aliphatic rings. The summed E-state index contributed by atoms with van der Waals surface area (Å²) in [6, 6.07) is 5.28. The molecule has 0 saturated carbocycles. The van der Waals surface area contributed by atoms with E-state index in [2.05, 4.69) is 0 Å². The molecular weight excluding hydrogens is 238 g/mol. The summed E-state index contributed by atoms with van der Waals surface area (Å²) in [7, 11) is 0.512. The molecule has 0 aliphatic carbocycles. The van der Waals surface area contributed by atoms with Gasteiger partial charge in [-0.05, 0) is 31.0 Å². The maximum absolute atomic E-state index is 12.4. The largest absolute Gasteiger partial charge is 0.497 e. The molecule has 1 aromatic carbocycles. The highest BCUT2D eigenvalue weighted by molar-refractivity contribution is 7.85. The molecule has 4 nitrogen and oxygen atoms in total. The van der Waals surface area contributed by atoms with Gasteiger partial charge in [0.2, 0.25) is 0 Å². The Balaban J connectivity index is 2.22. The first-order chi connectivity index (χ1) is 8.22. The Kier molecular flexibility index (Phi) is 4.02. The van der Waals surface area contributed by atoms with Gasteiger partial charge in [-0.25, -0.2) is 0 Å². The van der Waals surface area contributed by atoms with E-state index in [9.17, 15) is 4.21 Å². The number of nitrogens with two attached hydrogens (primary N) is 1. The van der Waals surface area contributed by atoms with Crippen molar-refractivity contribution in [2.45, 2.75) is 23.0 Å². The van der Waals surface area contributed by atoms with Crippen LogP contribution in [0.1, 0.15) is 12.8 Å². The van der Waals surface area contributed by atoms with Gasteiger partial charge in [-0.15, -0.1) is 0 Å². The first-order valence-corrected chi connectivity index (χ1v) is 6.85. The number of nitrogen functional groups attached to an aromatic ring is 1. The van der Waals surface area contributed by atoms with E-state index in [1.54, 1.807) is 25.3 Å². The fourth-order valence-electron chi connectivity index (χ4n) is 1.89. The van der Waals surface area contributed by atoms with E-state index in [1.807, 2.05) is 0 Å². The summed E-state index contributed by atoms with van der Waals surface area (Å²) in [5, 5.41) is 0.137. The van der Waals surface area contributed by atoms with Crippen LogP contribution < -0.4 is 10.5 Å². The summed E-state index contributed by atoms with van der Waals surface area (Å²) >= 11 is 0. The van der Waals surface area contributed by atoms with Crippen molar-refractivity contribution in [2.75, 3.05) is 26.1 Å². The molecule has 2 rings (SSSR count). The van der Waals surface area contributed by atoms with Gasteiger partial charge in [0.05, 0.1) is 22.8 Å². The number of hydrogen-bond acceptors (Lipinski definition) is 4. The van der Waals surface area contributed by atoms with Gasteiger partial charge < -0.3 is 15.2 Å². The van der Waals surface area contributed by atoms with Crippen molar-refractivity contribution >= 4 is 16.5 Å². The second-order valence-corrected chi connectivity index (χ2v) is 5.71. The molecular formula is C12H17NO3S. The normalized spacial score (nSPS) is 18.9. The molecule has 5 heteroatoms. The van der Waals surface area contributed by atoms with Crippen LogP contribution in [0.2, 0.25) is 0 Å². The lowest BCUT2D eigenvalue weighted by atomic mass is 10.2. The fraction of sp³-hybridized carbons (Fsp3) is 0.500. The molecule has 0 spiro atoms. The van der Waals surface area contributed by atoms with E-state index in [0.717, 1.165) is 12.8 Å². The molecule has 1 atom stereocenters. The molecule has 94 valence electrons. The van der Waals surface area contributed by atoms with Gasteiger partial charge in [0, 0.05) is 24.2 Å². The van der Waals surface area contributed by atoms with Crippen LogP contribution in [0.3, 0.4) is 0 Å². The maximum Gasteiger partial charge on any atom is 0.120 e. The minimum atomic E-state index is -1.08. The molecule has 1 aromatic rings. The van der Waals surface area contributed by atoms with E-state index < -0.39 is 10.8 Å². The first kappa shape index (κ1) is 12.4. The van der Waals surface area contributed by atoms with Gasteiger partial charge in [0.1, 0.15) is 5.75 Å². The number of rotatable bonds is 3. The van der Waals surface area contributed by atoms with Gasteiger partial charge >= 0.3 is 0 Å². The van der Waals surface area contributed by atoms with Gasteiger partial charge in [0.15, 0.2) is 0 Å². The van der Waals surface area contributed by atoms with Crippen LogP contribution in [0, 0.1) is 0 Å². The van der Waals surface area contributed by atoms with Crippen molar-refractivity contribution in [1.82, 2.24) is 0 Å². The van der Waals surface area contributed by atoms with Crippen LogP contribution in [0.15, 0.2) is 23.1 Å². The Morgan fingerprint density at radius 1 is 1.41 bits per heavy atom. The number of benzene rings is 1. The Morgan fingerprint density at radius 3 is 2.76 bits per heavy atom. The topological polar surface area (TPSA) is 61.5 Å². The van der Waals surface area contributed by atoms with Gasteiger partial charge in [-0.2, -0.15) is 0 Å². The molecule has 2 N–H and O–H groups in total. The predicted octanol–water partition coefficient (Wildman–Crippen LogP) is 1.56. The second kappa shape index (κ2) is 5.51. The van der Waals surface area contributed by atoms with Gasteiger partial charge in [-0.3, -0.25) is 4.21 Å². The second-order valence-electron chi connectivity index (χ2n) is 4.01. The highest BCUT2D eigenvalue weighted by atomic mass is 32.2. The number of ether oxygens (including phenoxy) is 2. The highest BCUT2D eigenvalue weighted by Crippen LogP contribution is 2.27. The van der Waals surface area contributed by atoms with Crippen molar-refractivity contribution in [3.8, 4) is 5.75 Å². The average molecular weight is 255 g/mol. The highest BCUT2D eigenvalue weighted by Gasteiger charge is 2.23. The van der Waals surface area contributed by atoms with E-state index in [1.165, 1.54) is 0 Å². The zero-order valence-corrected chi connectivity index (χ0v) is 10.7. The van der Waals surface area contributed by atoms with Crippen LogP contribution in [-0.4, -0.2) is 29.8 Å². The molecule has 0 amide bonds. The third-order valence-corrected chi connectivity index (χ3v) is 4.77. The Hall–Kier alpha value is -1.07. The molecule has 0 radical (unpaired) electrons. The molecule has 1 saturated heterocycles. The summed E-state index contributed by atoms with van der Waals surface area (Å²) in [6.45, 7) is 1.36. The smallest absolute Gasteiger partial charge is 0.120 e. The van der Waals surface area contributed by atoms with Crippen molar-refractivity contribution in [3.05, 3.63) is 18.2 Å². The lowest BCUT2D eigenvalue weighted by Gasteiger charge is -2.22. The summed E-state index contributed by atoms with van der Waals surface area (Å²) < 4.78 is 22.8. The monoisotopic (exact) mass is 255 g/mol. The molecule has 0 aromatic heterocycles. The molecule has 1 unspecified atom stereocenters. The quantitative estimate of drug-likeness (QED) is 0.833. The van der Waals surface area contributed by atoms with Crippen molar-refractivity contribution in [1.29, 1.82) is 0 Å². The van der Waals surface area contributed by atoms with E-state index in [0.29, 0.717) is 29.5 Å². The Bertz CT molecular complexity index is 416. The third kappa shape index (κ3) is 2.79. The zero-order valence-electron chi connectivity index (χ0n) is 9.85. The molecule has 17 heavy (non-hydrogen) atoms. The molecule has 1 fully saturated rings. The average Bonchev–Trinajstić information content (AvgIpc) is 2.39. The minimum Gasteiger partial charge on any atom is -0.497 e. The van der Waals surface area contributed by atoms with Crippen LogP contribution in [-0.2, 0) is 15.5 Å². The maximum atomic E-state index is 12.4. The summed E-state index contributed by atoms with van der Waals surface area (Å²) in [5.41, 5.74) is 6.44. The SMILES string of the molecule is COc1ccc(N)c(S(=O)C2CCOCC2)c1. The lowest BCUT2D eigenvalue weighted by Crippen LogP contribution is -2.25. The summed E-state index contributed by atoms with van der Waals surface area (Å²) in [5.74, 6) is 0.689. The summed E-state index contributed by atoms with van der Waals surface area (Å²) in [6.07, 6.45) is 1.65. The molecule has 0 bridgehead atoms. The lowest BCUT2D eigenvalue weighted by molar-refractivity contribution is 0.0992. The van der Waals surface area contributed by atoms with Crippen LogP contribution in [0.4, 0.5) is 5.69 Å². The van der Waals surface area contributed by atoms with Crippen LogP contribution in [0.5, 0.6) is 5.75 Å². The third-order valence-electron chi connectivity index (χ3n) is 2.91. The van der Waals surface area contributed by atoms with E-state index in [-0.39, 0.29) is 5.25 Å². The minimum absolute atomic E-state index is 0.137. The van der Waals surface area contributed by atoms with Gasteiger partial charge in [-0.1, -0.05) is 0 Å². The van der Waals surface area contributed by atoms with Crippen molar-refractivity contribution in [2.24, 2.45) is 0 Å². The van der Waals surface area contributed by atoms with Crippen LogP contribution >= 0.6 is 0 Å². The van der Waals surface area contributed by atoms with Crippen LogP contribution in [0.25, 0.3) is 0 Å². The Labute approximate surface area is 104 Å². The number of hydrogen-bond donors (Lipinski definition) is 1. The predicted molar refractivity (Wildman–Crippen MR) is 67.7 cm³/mol. The number of anilines is 1. The van der Waals surface area contributed by atoms with E-state index >= 15 is 0 Å². The fourth-order valence-corrected chi connectivity index (χ4v) is 3.40. The van der Waals surface area contributed by atoms with Crippen molar-refractivity contribution in [3.63, 3.8) is 0 Å². The van der Waals surface area contributed by atoms with Crippen molar-refractivity contribution < 1.29 is 13.7 Å². The number of methoxy groups -OCH3 is 1. The van der Waals surface area contributed by atoms with E-state index in [4.69, 9.17) is 15.2 Å². The van der Waals surface area contributed by atoms with Gasteiger partial charge in [0.25, 0.3) is 0 Å².